The third-order valence-corrected chi connectivity index (χ3v) is 3.88. The second-order valence-corrected chi connectivity index (χ2v) is 6.01. The number of nitrogen functional groups attached to an aromatic ring is 1. The molecule has 0 unspecified atom stereocenters. The van der Waals surface area contributed by atoms with Gasteiger partial charge in [-0.1, -0.05) is 0 Å². The molecule has 0 aliphatic heterocycles. The number of nitrogens with zero attached hydrogens (tertiary/aromatic N) is 1. The van der Waals surface area contributed by atoms with Crippen LogP contribution in [0.4, 0.5) is 10.8 Å². The molecule has 0 atom stereocenters. The lowest BCUT2D eigenvalue weighted by Crippen LogP contribution is -2.10. The van der Waals surface area contributed by atoms with Crippen LogP contribution >= 0.6 is 23.3 Å². The molecule has 1 aromatic rings. The van der Waals surface area contributed by atoms with Crippen LogP contribution in [0.1, 0.15) is 20.3 Å². The highest BCUT2D eigenvalue weighted by molar-refractivity contribution is 7.99. The van der Waals surface area contributed by atoms with Crippen molar-refractivity contribution in [2.45, 2.75) is 26.4 Å². The molecule has 104 valence electrons. The minimum absolute atomic E-state index is 0.0863. The first-order valence-corrected chi connectivity index (χ1v) is 7.92. The van der Waals surface area contributed by atoms with E-state index in [0.717, 1.165) is 29.5 Å². The summed E-state index contributed by atoms with van der Waals surface area (Å²) in [5.41, 5.74) is 5.76. The minimum Gasteiger partial charge on any atom is -0.484 e. The van der Waals surface area contributed by atoms with E-state index in [1.54, 1.807) is 0 Å². The number of anilines is 2. The Bertz CT molecular complexity index is 345. The summed E-state index contributed by atoms with van der Waals surface area (Å²) < 4.78 is 9.72. The van der Waals surface area contributed by atoms with Gasteiger partial charge in [0.05, 0.1) is 6.10 Å². The van der Waals surface area contributed by atoms with Crippen LogP contribution < -0.4 is 15.8 Å². The maximum absolute atomic E-state index is 8.66. The number of ether oxygens (including phenoxy) is 1. The van der Waals surface area contributed by atoms with Crippen molar-refractivity contribution in [3.63, 3.8) is 0 Å². The van der Waals surface area contributed by atoms with Crippen molar-refractivity contribution < 1.29 is 9.84 Å². The fourth-order valence-corrected chi connectivity index (χ4v) is 2.72. The molecule has 4 N–H and O–H groups in total. The predicted octanol–water partition coefficient (Wildman–Crippen LogP) is 2.04. The minimum atomic E-state index is 0.0863. The molecule has 18 heavy (non-hydrogen) atoms. The van der Waals surface area contributed by atoms with Gasteiger partial charge in [0.2, 0.25) is 0 Å². The Morgan fingerprint density at radius 3 is 2.94 bits per heavy atom. The largest absolute Gasteiger partial charge is 0.484 e. The van der Waals surface area contributed by atoms with E-state index in [-0.39, 0.29) is 12.7 Å². The number of nitrogens with one attached hydrogen (secondary N) is 1. The topological polar surface area (TPSA) is 80.4 Å². The standard InChI is InChI=1S/C11H21N3O2S2/c1-8(2)16-9-10(12)14-18-11(9)13-4-7-17-6-3-5-15/h8,13,15H,3-7H2,1-2H3,(H2,12,14). The quantitative estimate of drug-likeness (QED) is 0.604. The Morgan fingerprint density at radius 1 is 1.50 bits per heavy atom. The number of thioether (sulfide) groups is 1. The summed E-state index contributed by atoms with van der Waals surface area (Å²) in [5, 5.41) is 12.8. The molecular weight excluding hydrogens is 270 g/mol. The number of nitrogens with two attached hydrogens (primary N) is 1. The lowest BCUT2D eigenvalue weighted by atomic mass is 10.4. The van der Waals surface area contributed by atoms with Gasteiger partial charge in [-0.05, 0) is 37.6 Å². The third kappa shape index (κ3) is 5.32. The summed E-state index contributed by atoms with van der Waals surface area (Å²) >= 11 is 3.14. The van der Waals surface area contributed by atoms with Crippen molar-refractivity contribution in [3.8, 4) is 5.75 Å². The van der Waals surface area contributed by atoms with Crippen molar-refractivity contribution >= 4 is 34.1 Å². The number of aliphatic hydroxyl groups is 1. The highest BCUT2D eigenvalue weighted by atomic mass is 32.2. The number of hydrogen-bond donors (Lipinski definition) is 3. The molecule has 0 radical (unpaired) electrons. The SMILES string of the molecule is CC(C)Oc1c(N)nsc1NCCSCCCO. The number of aliphatic hydroxyl groups excluding tert-OH is 1. The number of aromatic nitrogens is 1. The highest BCUT2D eigenvalue weighted by Gasteiger charge is 2.13. The Labute approximate surface area is 116 Å². The molecule has 0 saturated heterocycles. The Kier molecular flexibility index (Phi) is 7.22. The van der Waals surface area contributed by atoms with E-state index in [9.17, 15) is 0 Å². The van der Waals surface area contributed by atoms with E-state index in [2.05, 4.69) is 9.69 Å². The molecule has 5 nitrogen and oxygen atoms in total. The lowest BCUT2D eigenvalue weighted by Gasteiger charge is -2.11. The number of rotatable bonds is 9. The van der Waals surface area contributed by atoms with Crippen molar-refractivity contribution in [2.75, 3.05) is 35.7 Å². The lowest BCUT2D eigenvalue weighted by molar-refractivity contribution is 0.245. The van der Waals surface area contributed by atoms with Gasteiger partial charge >= 0.3 is 0 Å². The smallest absolute Gasteiger partial charge is 0.197 e. The summed E-state index contributed by atoms with van der Waals surface area (Å²) in [6.45, 7) is 5.03. The first-order valence-electron chi connectivity index (χ1n) is 5.99. The number of hydrogen-bond acceptors (Lipinski definition) is 7. The maximum Gasteiger partial charge on any atom is 0.197 e. The Balaban J connectivity index is 2.33. The van der Waals surface area contributed by atoms with Crippen LogP contribution in [0.2, 0.25) is 0 Å². The van der Waals surface area contributed by atoms with Gasteiger partial charge in [0.1, 0.15) is 0 Å². The Morgan fingerprint density at radius 2 is 2.28 bits per heavy atom. The molecule has 0 spiro atoms. The molecule has 1 heterocycles. The fourth-order valence-electron chi connectivity index (χ4n) is 1.26. The van der Waals surface area contributed by atoms with E-state index in [0.29, 0.717) is 11.6 Å². The third-order valence-electron chi connectivity index (χ3n) is 2.01. The summed E-state index contributed by atoms with van der Waals surface area (Å²) in [6.07, 6.45) is 0.933. The normalized spacial score (nSPS) is 10.9. The highest BCUT2D eigenvalue weighted by Crippen LogP contribution is 2.35. The van der Waals surface area contributed by atoms with Gasteiger partial charge in [0, 0.05) is 18.9 Å². The summed E-state index contributed by atoms with van der Waals surface area (Å²) in [4.78, 5) is 0. The molecule has 0 bridgehead atoms. The van der Waals surface area contributed by atoms with Crippen LogP contribution in [0.15, 0.2) is 0 Å². The molecule has 0 amide bonds. The van der Waals surface area contributed by atoms with Crippen LogP contribution in [-0.2, 0) is 0 Å². The van der Waals surface area contributed by atoms with E-state index < -0.39 is 0 Å². The summed E-state index contributed by atoms with van der Waals surface area (Å²) in [6, 6.07) is 0. The van der Waals surface area contributed by atoms with Gasteiger partial charge in [0.15, 0.2) is 16.6 Å². The Hall–Kier alpha value is -0.660. The van der Waals surface area contributed by atoms with Gasteiger partial charge in [-0.25, -0.2) is 0 Å². The molecule has 1 aromatic heterocycles. The van der Waals surface area contributed by atoms with Crippen LogP contribution in [0.3, 0.4) is 0 Å². The van der Waals surface area contributed by atoms with Gasteiger partial charge in [0.25, 0.3) is 0 Å². The van der Waals surface area contributed by atoms with Crippen LogP contribution in [0.5, 0.6) is 5.75 Å². The van der Waals surface area contributed by atoms with Crippen molar-refractivity contribution in [1.29, 1.82) is 0 Å². The second kappa shape index (κ2) is 8.44. The van der Waals surface area contributed by atoms with Crippen LogP contribution in [-0.4, -0.2) is 40.2 Å². The van der Waals surface area contributed by atoms with Crippen molar-refractivity contribution in [2.24, 2.45) is 0 Å². The molecule has 0 saturated carbocycles. The predicted molar refractivity (Wildman–Crippen MR) is 79.8 cm³/mol. The molecule has 0 aliphatic carbocycles. The molecule has 7 heteroatoms. The van der Waals surface area contributed by atoms with E-state index in [4.69, 9.17) is 15.6 Å². The second-order valence-electron chi connectivity index (χ2n) is 4.01. The van der Waals surface area contributed by atoms with Gasteiger partial charge in [-0.15, -0.1) is 0 Å². The zero-order valence-electron chi connectivity index (χ0n) is 10.8. The van der Waals surface area contributed by atoms with Gasteiger partial charge in [-0.2, -0.15) is 16.1 Å². The van der Waals surface area contributed by atoms with E-state index in [1.165, 1.54) is 11.5 Å². The van der Waals surface area contributed by atoms with Crippen molar-refractivity contribution in [3.05, 3.63) is 0 Å². The molecule has 0 aliphatic rings. The van der Waals surface area contributed by atoms with Gasteiger partial charge in [-0.3, -0.25) is 0 Å². The van der Waals surface area contributed by atoms with E-state index in [1.807, 2.05) is 25.6 Å². The first-order chi connectivity index (χ1) is 8.65. The van der Waals surface area contributed by atoms with Crippen LogP contribution in [0, 0.1) is 0 Å². The summed E-state index contributed by atoms with van der Waals surface area (Å²) in [5.74, 6) is 3.08. The molecule has 0 aromatic carbocycles. The van der Waals surface area contributed by atoms with Crippen molar-refractivity contribution in [1.82, 2.24) is 4.37 Å². The molecule has 0 fully saturated rings. The monoisotopic (exact) mass is 291 g/mol. The molecule has 1 rings (SSSR count). The van der Waals surface area contributed by atoms with Crippen LogP contribution in [0.25, 0.3) is 0 Å². The van der Waals surface area contributed by atoms with Gasteiger partial charge < -0.3 is 20.9 Å². The zero-order valence-corrected chi connectivity index (χ0v) is 12.4. The maximum atomic E-state index is 8.66. The van der Waals surface area contributed by atoms with E-state index >= 15 is 0 Å². The summed E-state index contributed by atoms with van der Waals surface area (Å²) in [7, 11) is 0. The zero-order chi connectivity index (χ0) is 13.4. The average molecular weight is 291 g/mol. The average Bonchev–Trinajstić information content (AvgIpc) is 2.65. The molecular formula is C11H21N3O2S2. The fraction of sp³-hybridized carbons (Fsp3) is 0.727. The first kappa shape index (κ1) is 15.4.